The second-order valence-corrected chi connectivity index (χ2v) is 6.18. The summed E-state index contributed by atoms with van der Waals surface area (Å²) in [6.45, 7) is -0.0790. The number of hydrogen-bond donors (Lipinski definition) is 3. The minimum Gasteiger partial charge on any atom is -0.357 e. The predicted octanol–water partition coefficient (Wildman–Crippen LogP) is 2.27. The van der Waals surface area contributed by atoms with Gasteiger partial charge in [0.05, 0.1) is 10.6 Å². The van der Waals surface area contributed by atoms with Crippen LogP contribution in [-0.2, 0) is 4.79 Å². The summed E-state index contributed by atoms with van der Waals surface area (Å²) < 4.78 is 0. The molecule has 3 amide bonds. The quantitative estimate of drug-likeness (QED) is 0.703. The summed E-state index contributed by atoms with van der Waals surface area (Å²) in [5.41, 5.74) is 0.634. The molecule has 0 aliphatic carbocycles. The minimum absolute atomic E-state index is 0.0790. The van der Waals surface area contributed by atoms with Crippen LogP contribution in [0.5, 0.6) is 0 Å². The molecular formula is C18H17Cl2N3O3. The normalized spacial score (nSPS) is 11.3. The first-order valence-electron chi connectivity index (χ1n) is 7.73. The van der Waals surface area contributed by atoms with Crippen molar-refractivity contribution in [3.8, 4) is 0 Å². The van der Waals surface area contributed by atoms with Crippen molar-refractivity contribution in [1.29, 1.82) is 0 Å². The van der Waals surface area contributed by atoms with Crippen LogP contribution in [-0.4, -0.2) is 37.4 Å². The summed E-state index contributed by atoms with van der Waals surface area (Å²) in [7, 11) is 1.44. The molecule has 0 aliphatic rings. The van der Waals surface area contributed by atoms with Gasteiger partial charge in [0.1, 0.15) is 6.04 Å². The highest BCUT2D eigenvalue weighted by molar-refractivity contribution is 6.36. The van der Waals surface area contributed by atoms with E-state index in [9.17, 15) is 14.4 Å². The molecule has 3 N–H and O–H groups in total. The molecule has 0 spiro atoms. The SMILES string of the molecule is CNC(=O)[C@H](CNC(=O)c1ccccc1)NC(=O)c1ccc(Cl)cc1Cl. The number of nitrogens with one attached hydrogen (secondary N) is 3. The van der Waals surface area contributed by atoms with Crippen molar-refractivity contribution in [1.82, 2.24) is 16.0 Å². The van der Waals surface area contributed by atoms with Gasteiger partial charge in [-0.25, -0.2) is 0 Å². The lowest BCUT2D eigenvalue weighted by molar-refractivity contribution is -0.122. The average molecular weight is 394 g/mol. The molecular weight excluding hydrogens is 377 g/mol. The van der Waals surface area contributed by atoms with Crippen LogP contribution in [0.2, 0.25) is 10.0 Å². The van der Waals surface area contributed by atoms with Crippen LogP contribution in [0, 0.1) is 0 Å². The molecule has 0 heterocycles. The maximum Gasteiger partial charge on any atom is 0.253 e. The molecule has 0 saturated carbocycles. The molecule has 2 aromatic carbocycles. The third-order valence-electron chi connectivity index (χ3n) is 3.55. The molecule has 0 aliphatic heterocycles. The number of halogens is 2. The van der Waals surface area contributed by atoms with Gasteiger partial charge >= 0.3 is 0 Å². The van der Waals surface area contributed by atoms with Crippen LogP contribution in [0.3, 0.4) is 0 Å². The third-order valence-corrected chi connectivity index (χ3v) is 4.09. The van der Waals surface area contributed by atoms with Gasteiger partial charge in [-0.1, -0.05) is 41.4 Å². The largest absolute Gasteiger partial charge is 0.357 e. The highest BCUT2D eigenvalue weighted by Gasteiger charge is 2.22. The Morgan fingerprint density at radius 3 is 2.31 bits per heavy atom. The van der Waals surface area contributed by atoms with Gasteiger partial charge in [-0.05, 0) is 30.3 Å². The smallest absolute Gasteiger partial charge is 0.253 e. The number of rotatable bonds is 6. The lowest BCUT2D eigenvalue weighted by Gasteiger charge is -2.18. The van der Waals surface area contributed by atoms with Crippen molar-refractivity contribution >= 4 is 40.9 Å². The summed E-state index contributed by atoms with van der Waals surface area (Å²) >= 11 is 11.8. The molecule has 0 saturated heterocycles. The van der Waals surface area contributed by atoms with Gasteiger partial charge in [0, 0.05) is 24.2 Å². The van der Waals surface area contributed by atoms with Crippen molar-refractivity contribution in [2.24, 2.45) is 0 Å². The predicted molar refractivity (Wildman–Crippen MR) is 101 cm³/mol. The van der Waals surface area contributed by atoms with E-state index in [0.717, 1.165) is 0 Å². The summed E-state index contributed by atoms with van der Waals surface area (Å²) in [5.74, 6) is -1.34. The van der Waals surface area contributed by atoms with Gasteiger partial charge in [-0.3, -0.25) is 14.4 Å². The minimum atomic E-state index is -0.966. The molecule has 2 aromatic rings. The van der Waals surface area contributed by atoms with Crippen LogP contribution in [0.1, 0.15) is 20.7 Å². The first kappa shape index (κ1) is 19.8. The highest BCUT2D eigenvalue weighted by Crippen LogP contribution is 2.20. The number of amides is 3. The zero-order chi connectivity index (χ0) is 19.1. The molecule has 0 fully saturated rings. The van der Waals surface area contributed by atoms with Crippen molar-refractivity contribution in [2.45, 2.75) is 6.04 Å². The lowest BCUT2D eigenvalue weighted by atomic mass is 10.1. The van der Waals surface area contributed by atoms with Gasteiger partial charge < -0.3 is 16.0 Å². The van der Waals surface area contributed by atoms with Crippen molar-refractivity contribution < 1.29 is 14.4 Å². The Labute approximate surface area is 160 Å². The molecule has 8 heteroatoms. The van der Waals surface area contributed by atoms with Gasteiger partial charge in [0.15, 0.2) is 0 Å². The Morgan fingerprint density at radius 2 is 1.69 bits per heavy atom. The van der Waals surface area contributed by atoms with Crippen LogP contribution >= 0.6 is 23.2 Å². The third kappa shape index (κ3) is 5.21. The fraction of sp³-hybridized carbons (Fsp3) is 0.167. The number of hydrogen-bond acceptors (Lipinski definition) is 3. The van der Waals surface area contributed by atoms with E-state index in [-0.39, 0.29) is 23.0 Å². The fourth-order valence-electron chi connectivity index (χ4n) is 2.18. The second kappa shape index (κ2) is 9.22. The van der Waals surface area contributed by atoms with Crippen molar-refractivity contribution in [2.75, 3.05) is 13.6 Å². The number of likely N-dealkylation sites (N-methyl/N-ethyl adjacent to an activating group) is 1. The van der Waals surface area contributed by atoms with Gasteiger partial charge in [0.25, 0.3) is 11.8 Å². The van der Waals surface area contributed by atoms with E-state index in [1.54, 1.807) is 30.3 Å². The number of benzene rings is 2. The van der Waals surface area contributed by atoms with Gasteiger partial charge in [0.2, 0.25) is 5.91 Å². The average Bonchev–Trinajstić information content (AvgIpc) is 2.64. The fourth-order valence-corrected chi connectivity index (χ4v) is 2.67. The molecule has 0 aromatic heterocycles. The molecule has 1 atom stereocenters. The Kier molecular flexibility index (Phi) is 7.00. The summed E-state index contributed by atoms with van der Waals surface area (Å²) in [6.07, 6.45) is 0. The molecule has 136 valence electrons. The zero-order valence-corrected chi connectivity index (χ0v) is 15.4. The lowest BCUT2D eigenvalue weighted by Crippen LogP contribution is -2.52. The standard InChI is InChI=1S/C18H17Cl2N3O3/c1-21-18(26)15(10-22-16(24)11-5-3-2-4-6-11)23-17(25)13-8-7-12(19)9-14(13)20/h2-9,15H,10H2,1H3,(H,21,26)(H,22,24)(H,23,25)/t15-/m0/s1. The maximum absolute atomic E-state index is 12.4. The van der Waals surface area contributed by atoms with E-state index < -0.39 is 17.9 Å². The Balaban J connectivity index is 2.06. The van der Waals surface area contributed by atoms with Crippen LogP contribution in [0.15, 0.2) is 48.5 Å². The number of carbonyl (C=O) groups excluding carboxylic acids is 3. The van der Waals surface area contributed by atoms with E-state index in [0.29, 0.717) is 10.6 Å². The number of carbonyl (C=O) groups is 3. The second-order valence-electron chi connectivity index (χ2n) is 5.34. The van der Waals surface area contributed by atoms with E-state index in [1.807, 2.05) is 0 Å². The molecule has 26 heavy (non-hydrogen) atoms. The van der Waals surface area contributed by atoms with Crippen molar-refractivity contribution in [3.63, 3.8) is 0 Å². The molecule has 6 nitrogen and oxygen atoms in total. The van der Waals surface area contributed by atoms with Crippen LogP contribution in [0.4, 0.5) is 0 Å². The van der Waals surface area contributed by atoms with E-state index in [4.69, 9.17) is 23.2 Å². The summed E-state index contributed by atoms with van der Waals surface area (Å²) in [4.78, 5) is 36.5. The Hall–Kier alpha value is -2.57. The maximum atomic E-state index is 12.4. The van der Waals surface area contributed by atoms with Gasteiger partial charge in [-0.2, -0.15) is 0 Å². The molecule has 0 unspecified atom stereocenters. The van der Waals surface area contributed by atoms with Gasteiger partial charge in [-0.15, -0.1) is 0 Å². The summed E-state index contributed by atoms with van der Waals surface area (Å²) in [6, 6.07) is 12.0. The molecule has 2 rings (SSSR count). The van der Waals surface area contributed by atoms with E-state index >= 15 is 0 Å². The summed E-state index contributed by atoms with van der Waals surface area (Å²) in [5, 5.41) is 8.19. The topological polar surface area (TPSA) is 87.3 Å². The molecule has 0 bridgehead atoms. The van der Waals surface area contributed by atoms with Crippen LogP contribution in [0.25, 0.3) is 0 Å². The van der Waals surface area contributed by atoms with E-state index in [2.05, 4.69) is 16.0 Å². The van der Waals surface area contributed by atoms with Crippen molar-refractivity contribution in [3.05, 3.63) is 69.7 Å². The zero-order valence-electron chi connectivity index (χ0n) is 13.9. The van der Waals surface area contributed by atoms with Crippen LogP contribution < -0.4 is 16.0 Å². The highest BCUT2D eigenvalue weighted by atomic mass is 35.5. The Morgan fingerprint density at radius 1 is 1.00 bits per heavy atom. The Bertz CT molecular complexity index is 813. The molecule has 0 radical (unpaired) electrons. The van der Waals surface area contributed by atoms with E-state index in [1.165, 1.54) is 25.2 Å². The monoisotopic (exact) mass is 393 g/mol. The first-order valence-corrected chi connectivity index (χ1v) is 8.48. The first-order chi connectivity index (χ1) is 12.4.